The lowest BCUT2D eigenvalue weighted by Crippen LogP contribution is -2.58. The molecule has 5 amide bonds. The first-order valence-electron chi connectivity index (χ1n) is 19.1. The van der Waals surface area contributed by atoms with Gasteiger partial charge in [-0.3, -0.25) is 29.4 Å². The third kappa shape index (κ3) is 11.7. The van der Waals surface area contributed by atoms with E-state index in [0.717, 1.165) is 21.7 Å². The molecule has 5 aromatic carbocycles. The molecule has 0 unspecified atom stereocenters. The maximum Gasteiger partial charge on any atom is 0.337 e. The Labute approximate surface area is 336 Å². The van der Waals surface area contributed by atoms with Gasteiger partial charge in [0.1, 0.15) is 6.04 Å². The van der Waals surface area contributed by atoms with Crippen LogP contribution in [0.5, 0.6) is 0 Å². The first kappa shape index (κ1) is 40.6. The van der Waals surface area contributed by atoms with E-state index in [2.05, 4.69) is 21.4 Å². The number of hydrogen-bond donors (Lipinski definition) is 5. The number of benzene rings is 5. The average molecular weight is 780 g/mol. The van der Waals surface area contributed by atoms with Gasteiger partial charge in [0.2, 0.25) is 17.7 Å². The molecule has 5 aromatic rings. The van der Waals surface area contributed by atoms with E-state index >= 15 is 0 Å². The van der Waals surface area contributed by atoms with Gasteiger partial charge in [-0.15, -0.1) is 0 Å². The Bertz CT molecular complexity index is 2200. The number of nitrogens with one attached hydrogen (secondary N) is 4. The van der Waals surface area contributed by atoms with Crippen LogP contribution < -0.4 is 21.4 Å². The molecule has 0 aromatic heterocycles. The first-order valence-corrected chi connectivity index (χ1v) is 19.1. The van der Waals surface area contributed by atoms with E-state index in [1.54, 1.807) is 60.7 Å². The number of carbonyl (C=O) groups is 6. The summed E-state index contributed by atoms with van der Waals surface area (Å²) in [5, 5.41) is 19.7. The monoisotopic (exact) mass is 779 g/mol. The second-order valence-electron chi connectivity index (χ2n) is 14.3. The molecule has 2 heterocycles. The molecule has 58 heavy (non-hydrogen) atoms. The minimum Gasteiger partial charge on any atom is -0.481 e. The Morgan fingerprint density at radius 2 is 1.14 bits per heavy atom. The van der Waals surface area contributed by atoms with Crippen molar-refractivity contribution in [3.05, 3.63) is 162 Å². The van der Waals surface area contributed by atoms with Crippen molar-refractivity contribution in [1.82, 2.24) is 21.1 Å². The summed E-state index contributed by atoms with van der Waals surface area (Å²) < 4.78 is 0. The van der Waals surface area contributed by atoms with Gasteiger partial charge >= 0.3 is 12.0 Å². The fourth-order valence-electron chi connectivity index (χ4n) is 6.73. The average Bonchev–Trinajstić information content (AvgIpc) is 3.23. The number of urea groups is 1. The third-order valence-corrected chi connectivity index (χ3v) is 9.89. The highest BCUT2D eigenvalue weighted by Gasteiger charge is 2.32. The molecular formula is C46H45N5O7. The van der Waals surface area contributed by atoms with Crippen LogP contribution in [0, 0.1) is 5.92 Å². The number of carboxylic acids is 1. The zero-order valence-corrected chi connectivity index (χ0v) is 31.8. The summed E-state index contributed by atoms with van der Waals surface area (Å²) in [7, 11) is 0. The standard InChI is InChI=1S/C46H45N5O7/c52-41-29-37(45(56)57)26-32-18-22-38(23-19-32)47-42(53)24-25-43(54)50-51(30-34-12-6-2-7-13-34)46(58)49-40(44(55)48-39(41)27-31-10-4-1-5-11-31)28-33-16-20-36(21-17-33)35-14-8-3-9-15-35/h1-23,37,39-40H,24-30H2,(H,47,53)(H,48,55)(H,49,58)(H,50,54)(H,56,57)/t37-,39-,40+/m1/s1. The molecule has 5 N–H and O–H groups in total. The highest BCUT2D eigenvalue weighted by Crippen LogP contribution is 2.21. The van der Waals surface area contributed by atoms with Crippen LogP contribution in [-0.2, 0) is 49.8 Å². The van der Waals surface area contributed by atoms with Gasteiger partial charge in [-0.2, -0.15) is 0 Å². The molecule has 0 saturated heterocycles. The van der Waals surface area contributed by atoms with Crippen LogP contribution in [0.3, 0.4) is 0 Å². The molecule has 0 radical (unpaired) electrons. The fourth-order valence-corrected chi connectivity index (χ4v) is 6.73. The molecule has 12 heteroatoms. The lowest BCUT2D eigenvalue weighted by molar-refractivity contribution is -0.144. The van der Waals surface area contributed by atoms with Crippen LogP contribution >= 0.6 is 0 Å². The largest absolute Gasteiger partial charge is 0.481 e. The van der Waals surface area contributed by atoms with Crippen molar-refractivity contribution in [2.45, 2.75) is 57.2 Å². The zero-order chi connectivity index (χ0) is 40.9. The van der Waals surface area contributed by atoms with Gasteiger partial charge in [-0.05, 0) is 58.4 Å². The lowest BCUT2D eigenvalue weighted by Gasteiger charge is -2.28. The summed E-state index contributed by atoms with van der Waals surface area (Å²) >= 11 is 0. The van der Waals surface area contributed by atoms with Crippen LogP contribution in [0.1, 0.15) is 41.5 Å². The number of amides is 5. The van der Waals surface area contributed by atoms with Gasteiger partial charge in [0.25, 0.3) is 0 Å². The van der Waals surface area contributed by atoms with E-state index in [1.165, 1.54) is 0 Å². The van der Waals surface area contributed by atoms with Gasteiger partial charge in [-0.1, -0.05) is 127 Å². The Balaban J connectivity index is 1.35. The number of Topliss-reactive ketones (excluding diaryl/α,β-unsaturated/α-hetero) is 1. The van der Waals surface area contributed by atoms with Crippen molar-refractivity contribution in [3.63, 3.8) is 0 Å². The number of anilines is 1. The topological polar surface area (TPSA) is 174 Å². The van der Waals surface area contributed by atoms with Gasteiger partial charge in [-0.25, -0.2) is 9.80 Å². The van der Waals surface area contributed by atoms with Crippen molar-refractivity contribution in [1.29, 1.82) is 0 Å². The molecule has 0 spiro atoms. The van der Waals surface area contributed by atoms with E-state index in [9.17, 15) is 33.9 Å². The smallest absolute Gasteiger partial charge is 0.337 e. The predicted octanol–water partition coefficient (Wildman–Crippen LogP) is 5.87. The summed E-state index contributed by atoms with van der Waals surface area (Å²) in [6, 6.07) is 38.7. The molecule has 296 valence electrons. The van der Waals surface area contributed by atoms with Crippen molar-refractivity contribution in [2.75, 3.05) is 5.32 Å². The molecule has 12 nitrogen and oxygen atoms in total. The van der Waals surface area contributed by atoms with E-state index in [1.807, 2.05) is 78.9 Å². The number of rotatable bonds is 8. The van der Waals surface area contributed by atoms with Crippen LogP contribution in [0.25, 0.3) is 11.1 Å². The number of ketones is 1. The fraction of sp³-hybridized carbons (Fsp3) is 0.217. The molecule has 0 saturated carbocycles. The number of nitrogens with zero attached hydrogens (tertiary/aromatic N) is 1. The zero-order valence-electron chi connectivity index (χ0n) is 31.8. The first-order chi connectivity index (χ1) is 28.1. The highest BCUT2D eigenvalue weighted by atomic mass is 16.4. The number of aliphatic carboxylic acids is 1. The summed E-state index contributed by atoms with van der Waals surface area (Å²) in [6.07, 6.45) is -0.695. The summed E-state index contributed by atoms with van der Waals surface area (Å²) in [6.45, 7) is -0.0667. The highest BCUT2D eigenvalue weighted by molar-refractivity contribution is 5.95. The van der Waals surface area contributed by atoms with E-state index < -0.39 is 53.5 Å². The number of fused-ring (bicyclic) bond motifs is 18. The normalized spacial score (nSPS) is 18.6. The molecule has 3 atom stereocenters. The van der Waals surface area contributed by atoms with Gasteiger partial charge in [0.15, 0.2) is 5.78 Å². The number of hydrazine groups is 1. The van der Waals surface area contributed by atoms with Gasteiger partial charge in [0.05, 0.1) is 18.5 Å². The Morgan fingerprint density at radius 1 is 0.586 bits per heavy atom. The Morgan fingerprint density at radius 3 is 1.78 bits per heavy atom. The molecule has 7 rings (SSSR count). The maximum atomic E-state index is 14.4. The van der Waals surface area contributed by atoms with Crippen molar-refractivity contribution in [2.24, 2.45) is 5.92 Å². The summed E-state index contributed by atoms with van der Waals surface area (Å²) in [5.74, 6) is -4.50. The molecule has 2 aliphatic heterocycles. The second kappa shape index (κ2) is 19.7. The molecular weight excluding hydrogens is 735 g/mol. The number of carbonyl (C=O) groups excluding carboxylic acids is 5. The maximum absolute atomic E-state index is 14.4. The third-order valence-electron chi connectivity index (χ3n) is 9.89. The van der Waals surface area contributed by atoms with Crippen LogP contribution in [0.4, 0.5) is 10.5 Å². The van der Waals surface area contributed by atoms with Crippen molar-refractivity contribution < 1.29 is 33.9 Å². The number of carboxylic acid groups (broad SMARTS) is 1. The summed E-state index contributed by atoms with van der Waals surface area (Å²) in [4.78, 5) is 81.3. The molecule has 2 bridgehead atoms. The minimum absolute atomic E-state index is 0.0136. The minimum atomic E-state index is -1.25. The van der Waals surface area contributed by atoms with Crippen molar-refractivity contribution >= 4 is 41.2 Å². The van der Waals surface area contributed by atoms with Crippen molar-refractivity contribution in [3.8, 4) is 11.1 Å². The van der Waals surface area contributed by atoms with Gasteiger partial charge < -0.3 is 21.1 Å². The van der Waals surface area contributed by atoms with Crippen LogP contribution in [-0.4, -0.2) is 57.7 Å². The predicted molar refractivity (Wildman–Crippen MR) is 219 cm³/mol. The molecule has 0 fully saturated rings. The van der Waals surface area contributed by atoms with Crippen LogP contribution in [0.2, 0.25) is 0 Å². The Kier molecular flexibility index (Phi) is 13.8. The van der Waals surface area contributed by atoms with Gasteiger partial charge in [0, 0.05) is 31.4 Å². The van der Waals surface area contributed by atoms with Crippen LogP contribution in [0.15, 0.2) is 140 Å². The molecule has 2 aliphatic rings. The van der Waals surface area contributed by atoms with E-state index in [-0.39, 0.29) is 45.1 Å². The van der Waals surface area contributed by atoms with E-state index in [0.29, 0.717) is 22.4 Å². The second-order valence-corrected chi connectivity index (χ2v) is 14.3. The molecule has 0 aliphatic carbocycles. The number of hydrogen-bond acceptors (Lipinski definition) is 6. The lowest BCUT2D eigenvalue weighted by atomic mass is 9.90. The summed E-state index contributed by atoms with van der Waals surface area (Å²) in [5.41, 5.74) is 7.77. The van der Waals surface area contributed by atoms with E-state index in [4.69, 9.17) is 0 Å². The SMILES string of the molecule is O=C1CCC(=O)NN(Cc2ccccc2)C(=O)N[C@@H](Cc2ccc(-c3ccccc3)cc2)C(=O)N[C@H](Cc2ccccc2)C(=O)C[C@H](C(=O)O)Cc2ccc(cc2)N1. The Hall–Kier alpha value is -7.08. The quantitative estimate of drug-likeness (QED) is 0.131.